The zero-order valence-electron chi connectivity index (χ0n) is 11.7. The van der Waals surface area contributed by atoms with Crippen molar-refractivity contribution in [2.75, 3.05) is 6.54 Å². The predicted octanol–water partition coefficient (Wildman–Crippen LogP) is 3.64. The zero-order valence-corrected chi connectivity index (χ0v) is 12.6. The van der Waals surface area contributed by atoms with Crippen molar-refractivity contribution in [3.63, 3.8) is 0 Å². The van der Waals surface area contributed by atoms with E-state index in [4.69, 9.17) is 5.26 Å². The summed E-state index contributed by atoms with van der Waals surface area (Å²) in [4.78, 5) is 1.43. The number of alkyl halides is 3. The monoisotopic (exact) mass is 326 g/mol. The van der Waals surface area contributed by atoms with Gasteiger partial charge in [-0.1, -0.05) is 6.58 Å². The Morgan fingerprint density at radius 1 is 1.50 bits per heavy atom. The van der Waals surface area contributed by atoms with Gasteiger partial charge in [0.25, 0.3) is 0 Å². The fourth-order valence-electron chi connectivity index (χ4n) is 1.85. The van der Waals surface area contributed by atoms with E-state index in [9.17, 15) is 13.2 Å². The van der Waals surface area contributed by atoms with Gasteiger partial charge in [0.15, 0.2) is 0 Å². The van der Waals surface area contributed by atoms with Crippen LogP contribution in [0.5, 0.6) is 0 Å². The fourth-order valence-corrected chi connectivity index (χ4v) is 2.76. The standard InChI is InChI=1S/C14H13F3N4S/c1-9(19-7-3-6-18)11-4-5-12(22-11)10-8-13(14(15,16)17)21(2)20-10/h4-5,8,19H,1,3,7H2,2H3. The van der Waals surface area contributed by atoms with Crippen molar-refractivity contribution in [3.8, 4) is 16.6 Å². The predicted molar refractivity (Wildman–Crippen MR) is 78.8 cm³/mol. The molecule has 8 heteroatoms. The van der Waals surface area contributed by atoms with E-state index >= 15 is 0 Å². The number of nitrogens with one attached hydrogen (secondary N) is 1. The highest BCUT2D eigenvalue weighted by atomic mass is 32.1. The van der Waals surface area contributed by atoms with Crippen LogP contribution >= 0.6 is 11.3 Å². The summed E-state index contributed by atoms with van der Waals surface area (Å²) in [5, 5.41) is 15.4. The summed E-state index contributed by atoms with van der Waals surface area (Å²) in [5.41, 5.74) is 0.123. The van der Waals surface area contributed by atoms with Crippen molar-refractivity contribution in [1.82, 2.24) is 15.1 Å². The van der Waals surface area contributed by atoms with Gasteiger partial charge in [0.2, 0.25) is 0 Å². The second kappa shape index (κ2) is 6.23. The molecule has 1 N–H and O–H groups in total. The fraction of sp³-hybridized carbons (Fsp3) is 0.286. The molecule has 0 fully saturated rings. The first kappa shape index (κ1) is 16.1. The first-order valence-electron chi connectivity index (χ1n) is 6.34. The highest BCUT2D eigenvalue weighted by molar-refractivity contribution is 7.16. The summed E-state index contributed by atoms with van der Waals surface area (Å²) in [6.45, 7) is 4.33. The van der Waals surface area contributed by atoms with Gasteiger partial charge in [-0.3, -0.25) is 4.68 Å². The summed E-state index contributed by atoms with van der Waals surface area (Å²) in [5.74, 6) is 0. The number of halogens is 3. The molecule has 0 saturated heterocycles. The van der Waals surface area contributed by atoms with Gasteiger partial charge in [-0.05, 0) is 18.2 Å². The Balaban J connectivity index is 2.19. The third-order valence-corrected chi connectivity index (χ3v) is 4.07. The zero-order chi connectivity index (χ0) is 16.3. The van der Waals surface area contributed by atoms with Crippen molar-refractivity contribution < 1.29 is 13.2 Å². The van der Waals surface area contributed by atoms with Gasteiger partial charge in [0.1, 0.15) is 11.4 Å². The SMILES string of the molecule is C=C(NCCC#N)c1ccc(-c2cc(C(F)(F)F)n(C)n2)s1. The average molecular weight is 326 g/mol. The minimum absolute atomic E-state index is 0.274. The number of nitrogens with zero attached hydrogens (tertiary/aromatic N) is 3. The van der Waals surface area contributed by atoms with Crippen LogP contribution in [0, 0.1) is 11.3 Å². The number of hydrogen-bond donors (Lipinski definition) is 1. The van der Waals surface area contributed by atoms with Gasteiger partial charge in [0, 0.05) is 19.3 Å². The molecular formula is C14H13F3N4S. The molecule has 0 radical (unpaired) electrons. The molecule has 0 atom stereocenters. The molecule has 0 aliphatic carbocycles. The largest absolute Gasteiger partial charge is 0.433 e. The Kier molecular flexibility index (Phi) is 4.56. The van der Waals surface area contributed by atoms with E-state index < -0.39 is 11.9 Å². The Labute approximate surface area is 129 Å². The van der Waals surface area contributed by atoms with E-state index in [1.165, 1.54) is 18.4 Å². The number of aryl methyl sites for hydroxylation is 1. The lowest BCUT2D eigenvalue weighted by Crippen LogP contribution is -2.11. The van der Waals surface area contributed by atoms with Crippen LogP contribution in [-0.4, -0.2) is 16.3 Å². The second-order valence-corrected chi connectivity index (χ2v) is 5.60. The summed E-state index contributed by atoms with van der Waals surface area (Å²) in [6.07, 6.45) is -4.07. The van der Waals surface area contributed by atoms with Crippen LogP contribution in [-0.2, 0) is 13.2 Å². The van der Waals surface area contributed by atoms with E-state index in [-0.39, 0.29) is 5.69 Å². The molecule has 0 saturated carbocycles. The van der Waals surface area contributed by atoms with E-state index in [1.54, 1.807) is 12.1 Å². The molecule has 0 bridgehead atoms. The summed E-state index contributed by atoms with van der Waals surface area (Å²) >= 11 is 1.30. The highest BCUT2D eigenvalue weighted by Gasteiger charge is 2.35. The van der Waals surface area contributed by atoms with Gasteiger partial charge in [-0.15, -0.1) is 11.3 Å². The molecule has 0 spiro atoms. The van der Waals surface area contributed by atoms with Crippen LogP contribution in [0.3, 0.4) is 0 Å². The Hall–Kier alpha value is -2.27. The molecule has 0 amide bonds. The Morgan fingerprint density at radius 3 is 2.82 bits per heavy atom. The van der Waals surface area contributed by atoms with Gasteiger partial charge in [0.05, 0.1) is 22.2 Å². The molecule has 4 nitrogen and oxygen atoms in total. The normalized spacial score (nSPS) is 11.2. The maximum absolute atomic E-state index is 12.8. The van der Waals surface area contributed by atoms with Crippen LogP contribution in [0.4, 0.5) is 13.2 Å². The molecule has 2 heterocycles. The topological polar surface area (TPSA) is 53.6 Å². The van der Waals surface area contributed by atoms with Crippen molar-refractivity contribution in [3.05, 3.63) is 35.3 Å². The van der Waals surface area contributed by atoms with E-state index in [1.807, 2.05) is 6.07 Å². The number of rotatable bonds is 5. The number of hydrogen-bond acceptors (Lipinski definition) is 4. The lowest BCUT2D eigenvalue weighted by atomic mass is 10.3. The van der Waals surface area contributed by atoms with Gasteiger partial charge >= 0.3 is 6.18 Å². The molecular weight excluding hydrogens is 313 g/mol. The molecule has 0 unspecified atom stereocenters. The van der Waals surface area contributed by atoms with E-state index in [2.05, 4.69) is 17.0 Å². The Morgan fingerprint density at radius 2 is 2.23 bits per heavy atom. The van der Waals surface area contributed by atoms with Crippen molar-refractivity contribution in [2.24, 2.45) is 7.05 Å². The van der Waals surface area contributed by atoms with E-state index in [0.29, 0.717) is 23.5 Å². The third-order valence-electron chi connectivity index (χ3n) is 2.90. The highest BCUT2D eigenvalue weighted by Crippen LogP contribution is 2.35. The lowest BCUT2D eigenvalue weighted by molar-refractivity contribution is -0.143. The molecule has 0 aromatic carbocycles. The smallest absolute Gasteiger partial charge is 0.383 e. The van der Waals surface area contributed by atoms with Crippen LogP contribution in [0.2, 0.25) is 0 Å². The van der Waals surface area contributed by atoms with Crippen LogP contribution < -0.4 is 5.32 Å². The number of nitriles is 1. The van der Waals surface area contributed by atoms with Crippen LogP contribution in [0.15, 0.2) is 24.8 Å². The first-order valence-corrected chi connectivity index (χ1v) is 7.16. The van der Waals surface area contributed by atoms with Crippen molar-refractivity contribution in [1.29, 1.82) is 5.26 Å². The van der Waals surface area contributed by atoms with Gasteiger partial charge in [-0.25, -0.2) is 0 Å². The van der Waals surface area contributed by atoms with Crippen LogP contribution in [0.1, 0.15) is 17.0 Å². The Bertz CT molecular complexity index is 721. The molecule has 2 rings (SSSR count). The summed E-state index contributed by atoms with van der Waals surface area (Å²) in [7, 11) is 1.27. The second-order valence-electron chi connectivity index (χ2n) is 4.51. The minimum Gasteiger partial charge on any atom is -0.383 e. The molecule has 116 valence electrons. The molecule has 22 heavy (non-hydrogen) atoms. The molecule has 2 aromatic heterocycles. The lowest BCUT2D eigenvalue weighted by Gasteiger charge is -2.04. The molecule has 0 aliphatic rings. The quantitative estimate of drug-likeness (QED) is 0.854. The average Bonchev–Trinajstić information content (AvgIpc) is 3.04. The number of thiophene rings is 1. The summed E-state index contributed by atoms with van der Waals surface area (Å²) < 4.78 is 39.2. The van der Waals surface area contributed by atoms with Crippen LogP contribution in [0.25, 0.3) is 16.3 Å². The molecule has 2 aromatic rings. The van der Waals surface area contributed by atoms with Gasteiger partial charge < -0.3 is 5.32 Å². The first-order chi connectivity index (χ1) is 10.3. The van der Waals surface area contributed by atoms with Crippen molar-refractivity contribution in [2.45, 2.75) is 12.6 Å². The summed E-state index contributed by atoms with van der Waals surface area (Å²) in [6, 6.07) is 6.51. The maximum atomic E-state index is 12.8. The maximum Gasteiger partial charge on any atom is 0.433 e. The molecule has 0 aliphatic heterocycles. The van der Waals surface area contributed by atoms with E-state index in [0.717, 1.165) is 15.6 Å². The van der Waals surface area contributed by atoms with Gasteiger partial charge in [-0.2, -0.15) is 23.5 Å². The van der Waals surface area contributed by atoms with Crippen molar-refractivity contribution >= 4 is 17.0 Å². The minimum atomic E-state index is -4.43. The third kappa shape index (κ3) is 3.49. The number of aromatic nitrogens is 2.